The lowest BCUT2D eigenvalue weighted by atomic mass is 9.91. The van der Waals surface area contributed by atoms with Crippen LogP contribution in [-0.4, -0.2) is 53.7 Å². The summed E-state index contributed by atoms with van der Waals surface area (Å²) >= 11 is 0. The van der Waals surface area contributed by atoms with E-state index in [0.717, 1.165) is 0 Å². The van der Waals surface area contributed by atoms with Crippen LogP contribution in [0.2, 0.25) is 0 Å². The summed E-state index contributed by atoms with van der Waals surface area (Å²) in [6.07, 6.45) is -3.88. The second-order valence-electron chi connectivity index (χ2n) is 5.04. The maximum Gasteiger partial charge on any atom is 0.401 e. The summed E-state index contributed by atoms with van der Waals surface area (Å²) in [5.74, 6) is -1.49. The minimum atomic E-state index is -4.32. The highest BCUT2D eigenvalue weighted by Gasteiger charge is 2.33. The first-order chi connectivity index (χ1) is 9.21. The third kappa shape index (κ3) is 5.77. The molecule has 1 fully saturated rings. The van der Waals surface area contributed by atoms with E-state index in [1.54, 1.807) is 6.92 Å². The highest BCUT2D eigenvalue weighted by atomic mass is 19.4. The molecule has 1 aliphatic rings. The maximum absolute atomic E-state index is 12.2. The number of rotatable bonds is 5. The molecule has 0 aromatic rings. The van der Waals surface area contributed by atoms with E-state index in [1.165, 1.54) is 4.90 Å². The lowest BCUT2D eigenvalue weighted by Gasteiger charge is -2.38. The number of carbonyl (C=O) groups is 2. The molecule has 2 atom stereocenters. The van der Waals surface area contributed by atoms with Crippen molar-refractivity contribution in [3.8, 4) is 0 Å². The van der Waals surface area contributed by atoms with Crippen LogP contribution in [0.5, 0.6) is 0 Å². The second-order valence-corrected chi connectivity index (χ2v) is 5.04. The summed E-state index contributed by atoms with van der Waals surface area (Å²) in [5.41, 5.74) is 0. The molecule has 0 spiro atoms. The number of nitrogens with one attached hydrogen (secondary N) is 1. The fourth-order valence-corrected chi connectivity index (χ4v) is 2.43. The van der Waals surface area contributed by atoms with Crippen LogP contribution in [-0.2, 0) is 9.59 Å². The van der Waals surface area contributed by atoms with Gasteiger partial charge < -0.3 is 15.3 Å². The average molecular weight is 296 g/mol. The van der Waals surface area contributed by atoms with Crippen molar-refractivity contribution >= 4 is 11.9 Å². The normalized spacial score (nSPS) is 23.7. The molecule has 0 aromatic heterocycles. The van der Waals surface area contributed by atoms with Crippen molar-refractivity contribution < 1.29 is 27.9 Å². The number of halogens is 3. The van der Waals surface area contributed by atoms with E-state index in [2.05, 4.69) is 5.32 Å². The topological polar surface area (TPSA) is 69.6 Å². The van der Waals surface area contributed by atoms with E-state index in [-0.39, 0.29) is 31.2 Å². The van der Waals surface area contributed by atoms with E-state index < -0.39 is 24.7 Å². The molecule has 0 bridgehead atoms. The zero-order valence-corrected chi connectivity index (χ0v) is 11.2. The number of amides is 1. The summed E-state index contributed by atoms with van der Waals surface area (Å²) in [4.78, 5) is 23.9. The van der Waals surface area contributed by atoms with Crippen LogP contribution in [0, 0.1) is 5.92 Å². The molecular weight excluding hydrogens is 277 g/mol. The Hall–Kier alpha value is -1.31. The van der Waals surface area contributed by atoms with Gasteiger partial charge in [-0.05, 0) is 12.3 Å². The van der Waals surface area contributed by atoms with Crippen LogP contribution >= 0.6 is 0 Å². The molecule has 5 nitrogen and oxygen atoms in total. The van der Waals surface area contributed by atoms with Gasteiger partial charge in [0.15, 0.2) is 0 Å². The molecule has 1 heterocycles. The first-order valence-corrected chi connectivity index (χ1v) is 6.51. The summed E-state index contributed by atoms with van der Waals surface area (Å²) in [6, 6.07) is -0.523. The zero-order chi connectivity index (χ0) is 15.3. The molecule has 8 heteroatoms. The molecule has 0 aliphatic carbocycles. The van der Waals surface area contributed by atoms with Gasteiger partial charge in [-0.1, -0.05) is 6.92 Å². The van der Waals surface area contributed by atoms with Crippen molar-refractivity contribution in [3.05, 3.63) is 0 Å². The molecule has 0 radical (unpaired) electrons. The molecule has 1 amide bonds. The molecule has 116 valence electrons. The van der Waals surface area contributed by atoms with Gasteiger partial charge in [-0.25, -0.2) is 0 Å². The SMILES string of the molecule is CCC(=O)N1CC(CC(=O)O)CC(NCC(F)(F)F)C1. The Morgan fingerprint density at radius 3 is 2.50 bits per heavy atom. The number of alkyl halides is 3. The van der Waals surface area contributed by atoms with Gasteiger partial charge >= 0.3 is 12.1 Å². The molecule has 0 aromatic carbocycles. The zero-order valence-electron chi connectivity index (χ0n) is 11.2. The van der Waals surface area contributed by atoms with Crippen molar-refractivity contribution in [2.24, 2.45) is 5.92 Å². The summed E-state index contributed by atoms with van der Waals surface area (Å²) in [7, 11) is 0. The molecule has 2 unspecified atom stereocenters. The number of piperidine rings is 1. The minimum Gasteiger partial charge on any atom is -0.481 e. The third-order valence-corrected chi connectivity index (χ3v) is 3.25. The molecule has 20 heavy (non-hydrogen) atoms. The van der Waals surface area contributed by atoms with Gasteiger partial charge in [0.1, 0.15) is 0 Å². The molecule has 1 aliphatic heterocycles. The van der Waals surface area contributed by atoms with Crippen LogP contribution in [0.1, 0.15) is 26.2 Å². The first kappa shape index (κ1) is 16.7. The van der Waals surface area contributed by atoms with Gasteiger partial charge in [0.2, 0.25) is 5.91 Å². The minimum absolute atomic E-state index is 0.141. The van der Waals surface area contributed by atoms with E-state index in [1.807, 2.05) is 0 Å². The van der Waals surface area contributed by atoms with Crippen molar-refractivity contribution in [1.29, 1.82) is 0 Å². The molecule has 1 rings (SSSR count). The molecule has 1 saturated heterocycles. The Balaban J connectivity index is 2.64. The summed E-state index contributed by atoms with van der Waals surface area (Å²) in [5, 5.41) is 11.2. The van der Waals surface area contributed by atoms with Gasteiger partial charge in [-0.2, -0.15) is 13.2 Å². The van der Waals surface area contributed by atoms with Gasteiger partial charge in [0.25, 0.3) is 0 Å². The van der Waals surface area contributed by atoms with Crippen LogP contribution in [0.3, 0.4) is 0 Å². The fraction of sp³-hybridized carbons (Fsp3) is 0.833. The highest BCUT2D eigenvalue weighted by molar-refractivity contribution is 5.76. The van der Waals surface area contributed by atoms with Crippen molar-refractivity contribution in [2.45, 2.75) is 38.4 Å². The maximum atomic E-state index is 12.2. The van der Waals surface area contributed by atoms with Gasteiger partial charge in [0.05, 0.1) is 6.54 Å². The standard InChI is InChI=1S/C12H19F3N2O3/c1-2-10(18)17-5-8(4-11(19)20)3-9(6-17)16-7-12(13,14)15/h8-9,16H,2-7H2,1H3,(H,19,20). The summed E-state index contributed by atoms with van der Waals surface area (Å²) in [6.45, 7) is 1.02. The predicted octanol–water partition coefficient (Wildman–Crippen LogP) is 1.24. The van der Waals surface area contributed by atoms with E-state index >= 15 is 0 Å². The van der Waals surface area contributed by atoms with Gasteiger partial charge in [-0.15, -0.1) is 0 Å². The lowest BCUT2D eigenvalue weighted by Crippen LogP contribution is -2.53. The number of likely N-dealkylation sites (tertiary alicyclic amines) is 1. The Kier molecular flexibility index (Phi) is 5.79. The highest BCUT2D eigenvalue weighted by Crippen LogP contribution is 2.22. The number of carbonyl (C=O) groups excluding carboxylic acids is 1. The van der Waals surface area contributed by atoms with Crippen LogP contribution in [0.25, 0.3) is 0 Å². The number of aliphatic carboxylic acids is 1. The fourth-order valence-electron chi connectivity index (χ4n) is 2.43. The number of hydrogen-bond donors (Lipinski definition) is 2. The second kappa shape index (κ2) is 6.92. The van der Waals surface area contributed by atoms with Crippen molar-refractivity contribution in [2.75, 3.05) is 19.6 Å². The van der Waals surface area contributed by atoms with Crippen molar-refractivity contribution in [3.63, 3.8) is 0 Å². The monoisotopic (exact) mass is 296 g/mol. The smallest absolute Gasteiger partial charge is 0.401 e. The van der Waals surface area contributed by atoms with Crippen LogP contribution < -0.4 is 5.32 Å². The predicted molar refractivity (Wildman–Crippen MR) is 65.1 cm³/mol. The Morgan fingerprint density at radius 1 is 1.35 bits per heavy atom. The van der Waals surface area contributed by atoms with Gasteiger partial charge in [0, 0.05) is 32.0 Å². The van der Waals surface area contributed by atoms with Crippen molar-refractivity contribution in [1.82, 2.24) is 10.2 Å². The third-order valence-electron chi connectivity index (χ3n) is 3.25. The molecule has 0 saturated carbocycles. The molecular formula is C12H19F3N2O3. The number of carboxylic acid groups (broad SMARTS) is 1. The van der Waals surface area contributed by atoms with Crippen LogP contribution in [0.4, 0.5) is 13.2 Å². The van der Waals surface area contributed by atoms with Crippen LogP contribution in [0.15, 0.2) is 0 Å². The average Bonchev–Trinajstić information content (AvgIpc) is 2.33. The Morgan fingerprint density at radius 2 is 2.00 bits per heavy atom. The number of hydrogen-bond acceptors (Lipinski definition) is 3. The number of carboxylic acids is 1. The Labute approximate surface area is 115 Å². The largest absolute Gasteiger partial charge is 0.481 e. The van der Waals surface area contributed by atoms with E-state index in [9.17, 15) is 22.8 Å². The molecule has 2 N–H and O–H groups in total. The van der Waals surface area contributed by atoms with E-state index in [4.69, 9.17) is 5.11 Å². The summed E-state index contributed by atoms with van der Waals surface area (Å²) < 4.78 is 36.6. The first-order valence-electron chi connectivity index (χ1n) is 6.51. The number of nitrogens with zero attached hydrogens (tertiary/aromatic N) is 1. The lowest BCUT2D eigenvalue weighted by molar-refractivity contribution is -0.142. The quantitative estimate of drug-likeness (QED) is 0.801. The van der Waals surface area contributed by atoms with E-state index in [0.29, 0.717) is 13.0 Å². The van der Waals surface area contributed by atoms with Gasteiger partial charge in [-0.3, -0.25) is 9.59 Å². The Bertz CT molecular complexity index is 360.